The van der Waals surface area contributed by atoms with Crippen LogP contribution in [0.4, 0.5) is 19.0 Å². The van der Waals surface area contributed by atoms with E-state index in [4.69, 9.17) is 11.6 Å². The van der Waals surface area contributed by atoms with Gasteiger partial charge in [0.2, 0.25) is 5.91 Å². The van der Waals surface area contributed by atoms with Gasteiger partial charge in [0.05, 0.1) is 10.6 Å². The van der Waals surface area contributed by atoms with Crippen molar-refractivity contribution in [1.82, 2.24) is 15.2 Å². The van der Waals surface area contributed by atoms with E-state index < -0.39 is 11.7 Å². The molecule has 1 aromatic rings. The second-order valence-electron chi connectivity index (χ2n) is 6.45. The molecule has 1 aliphatic rings. The maximum Gasteiger partial charge on any atom is 0.417 e. The van der Waals surface area contributed by atoms with Crippen LogP contribution >= 0.6 is 11.6 Å². The third-order valence-electron chi connectivity index (χ3n) is 4.57. The number of piperidine rings is 1. The minimum atomic E-state index is -4.48. The molecule has 0 radical (unpaired) electrons. The van der Waals surface area contributed by atoms with E-state index in [0.717, 1.165) is 51.2 Å². The Hall–Kier alpha value is -1.54. The lowest BCUT2D eigenvalue weighted by Crippen LogP contribution is -2.39. The lowest BCUT2D eigenvalue weighted by Gasteiger charge is -2.32. The van der Waals surface area contributed by atoms with Crippen LogP contribution in [0.25, 0.3) is 0 Å². The van der Waals surface area contributed by atoms with Crippen LogP contribution in [-0.2, 0) is 11.0 Å². The van der Waals surface area contributed by atoms with Crippen molar-refractivity contribution in [3.8, 4) is 0 Å². The quantitative estimate of drug-likeness (QED) is 0.746. The lowest BCUT2D eigenvalue weighted by molar-refractivity contribution is -0.137. The summed E-state index contributed by atoms with van der Waals surface area (Å²) in [6.45, 7) is 2.78. The Labute approximate surface area is 156 Å². The molecule has 1 fully saturated rings. The van der Waals surface area contributed by atoms with E-state index in [1.54, 1.807) is 0 Å². The second-order valence-corrected chi connectivity index (χ2v) is 6.85. The molecule has 9 heteroatoms. The molecule has 2 rings (SSSR count). The number of rotatable bonds is 7. The first-order valence-electron chi connectivity index (χ1n) is 8.70. The Morgan fingerprint density at radius 1 is 1.35 bits per heavy atom. The Bertz CT molecular complexity index is 604. The molecule has 146 valence electrons. The number of likely N-dealkylation sites (tertiary alicyclic amines) is 1. The molecule has 1 aromatic heterocycles. The molecule has 1 aliphatic heterocycles. The summed E-state index contributed by atoms with van der Waals surface area (Å²) in [5, 5.41) is 5.86. The predicted molar refractivity (Wildman–Crippen MR) is 95.2 cm³/mol. The zero-order valence-corrected chi connectivity index (χ0v) is 15.5. The first-order valence-corrected chi connectivity index (χ1v) is 9.08. The minimum Gasteiger partial charge on any atom is -0.368 e. The lowest BCUT2D eigenvalue weighted by atomic mass is 9.93. The number of nitrogens with one attached hydrogen (secondary N) is 2. The van der Waals surface area contributed by atoms with Gasteiger partial charge in [-0.25, -0.2) is 4.98 Å². The number of carbonyl (C=O) groups excluding carboxylic acids is 1. The van der Waals surface area contributed by atoms with Gasteiger partial charge >= 0.3 is 6.18 Å². The van der Waals surface area contributed by atoms with Crippen LogP contribution < -0.4 is 10.6 Å². The average Bonchev–Trinajstić information content (AvgIpc) is 2.60. The highest BCUT2D eigenvalue weighted by Gasteiger charge is 2.31. The van der Waals surface area contributed by atoms with Gasteiger partial charge in [0.1, 0.15) is 5.82 Å². The fourth-order valence-corrected chi connectivity index (χ4v) is 3.22. The van der Waals surface area contributed by atoms with Crippen LogP contribution in [0, 0.1) is 5.92 Å². The van der Waals surface area contributed by atoms with Crippen LogP contribution in [0.3, 0.4) is 0 Å². The Kier molecular flexibility index (Phi) is 7.52. The molecule has 26 heavy (non-hydrogen) atoms. The molecule has 1 amide bonds. The summed E-state index contributed by atoms with van der Waals surface area (Å²) in [6.07, 6.45) is -0.366. The molecule has 1 saturated heterocycles. The van der Waals surface area contributed by atoms with Crippen LogP contribution in [0.1, 0.15) is 31.2 Å². The van der Waals surface area contributed by atoms with Crippen LogP contribution in [0.5, 0.6) is 0 Å². The van der Waals surface area contributed by atoms with Crippen molar-refractivity contribution < 1.29 is 18.0 Å². The number of anilines is 1. The maximum absolute atomic E-state index is 12.6. The number of hydrogen-bond donors (Lipinski definition) is 2. The van der Waals surface area contributed by atoms with E-state index in [1.807, 2.05) is 11.9 Å². The minimum absolute atomic E-state index is 0.0348. The Balaban J connectivity index is 1.75. The van der Waals surface area contributed by atoms with E-state index in [1.165, 1.54) is 0 Å². The van der Waals surface area contributed by atoms with Crippen LogP contribution in [0.2, 0.25) is 5.02 Å². The van der Waals surface area contributed by atoms with E-state index in [9.17, 15) is 18.0 Å². The van der Waals surface area contributed by atoms with Gasteiger partial charge in [0.25, 0.3) is 0 Å². The largest absolute Gasteiger partial charge is 0.417 e. The molecule has 5 nitrogen and oxygen atoms in total. The van der Waals surface area contributed by atoms with Gasteiger partial charge in [0, 0.05) is 32.3 Å². The summed E-state index contributed by atoms with van der Waals surface area (Å²) in [5.41, 5.74) is -0.898. The molecule has 0 bridgehead atoms. The van der Waals surface area contributed by atoms with Gasteiger partial charge in [0.15, 0.2) is 0 Å². The maximum atomic E-state index is 12.6. The smallest absolute Gasteiger partial charge is 0.368 e. The Morgan fingerprint density at radius 3 is 2.62 bits per heavy atom. The third-order valence-corrected chi connectivity index (χ3v) is 4.86. The summed E-state index contributed by atoms with van der Waals surface area (Å²) in [6, 6.07) is 0.828. The zero-order valence-electron chi connectivity index (χ0n) is 14.7. The van der Waals surface area contributed by atoms with Crippen LogP contribution in [-0.4, -0.2) is 49.0 Å². The second kappa shape index (κ2) is 9.41. The average molecular weight is 393 g/mol. The van der Waals surface area contributed by atoms with Gasteiger partial charge in [-0.3, -0.25) is 4.79 Å². The number of pyridine rings is 1. The monoisotopic (exact) mass is 392 g/mol. The summed E-state index contributed by atoms with van der Waals surface area (Å²) in [7, 11) is 1.93. The van der Waals surface area contributed by atoms with Gasteiger partial charge < -0.3 is 15.5 Å². The number of alkyl halides is 3. The van der Waals surface area contributed by atoms with E-state index >= 15 is 0 Å². The van der Waals surface area contributed by atoms with Gasteiger partial charge in [-0.15, -0.1) is 0 Å². The predicted octanol–water partition coefficient (Wildman–Crippen LogP) is 3.40. The first kappa shape index (κ1) is 20.8. The van der Waals surface area contributed by atoms with Gasteiger partial charge in [-0.05, 0) is 44.8 Å². The number of nitrogens with zero attached hydrogens (tertiary/aromatic N) is 2. The topological polar surface area (TPSA) is 57.3 Å². The molecule has 0 aromatic carbocycles. The van der Waals surface area contributed by atoms with Crippen molar-refractivity contribution in [3.05, 3.63) is 22.8 Å². The fraction of sp³-hybridized carbons (Fsp3) is 0.647. The molecule has 2 heterocycles. The highest BCUT2D eigenvalue weighted by molar-refractivity contribution is 6.32. The highest BCUT2D eigenvalue weighted by atomic mass is 35.5. The molecule has 0 unspecified atom stereocenters. The van der Waals surface area contributed by atoms with Crippen molar-refractivity contribution >= 4 is 23.3 Å². The SMILES string of the molecule is CNCCC1CCN(C(=O)CCNc2ncc(C(F)(F)F)cc2Cl)CC1. The number of carbonyl (C=O) groups is 1. The Morgan fingerprint density at radius 2 is 2.04 bits per heavy atom. The number of aromatic nitrogens is 1. The van der Waals surface area contributed by atoms with Crippen molar-refractivity contribution in [2.45, 2.75) is 31.9 Å². The summed E-state index contributed by atoms with van der Waals surface area (Å²) in [5.74, 6) is 0.839. The van der Waals surface area contributed by atoms with Crippen LogP contribution in [0.15, 0.2) is 12.3 Å². The molecular weight excluding hydrogens is 369 g/mol. The molecule has 0 atom stereocenters. The normalized spacial score (nSPS) is 16.0. The van der Waals surface area contributed by atoms with Gasteiger partial charge in [-0.1, -0.05) is 11.6 Å². The number of halogens is 4. The summed E-state index contributed by atoms with van der Waals surface area (Å²) < 4.78 is 37.8. The number of hydrogen-bond acceptors (Lipinski definition) is 4. The third kappa shape index (κ3) is 6.02. The standard InChI is InChI=1S/C17H24ClF3N4O/c1-22-6-2-12-4-8-25(9-5-12)15(26)3-7-23-16-14(18)10-13(11-24-16)17(19,20)21/h10-12,22H,2-9H2,1H3,(H,23,24). The molecule has 0 saturated carbocycles. The molecule has 2 N–H and O–H groups in total. The zero-order chi connectivity index (χ0) is 19.2. The van der Waals surface area contributed by atoms with Crippen molar-refractivity contribution in [2.24, 2.45) is 5.92 Å². The van der Waals surface area contributed by atoms with E-state index in [-0.39, 0.29) is 29.7 Å². The number of amides is 1. The molecular formula is C17H24ClF3N4O. The highest BCUT2D eigenvalue weighted by Crippen LogP contribution is 2.32. The first-order chi connectivity index (χ1) is 12.3. The summed E-state index contributed by atoms with van der Waals surface area (Å²) >= 11 is 5.83. The van der Waals surface area contributed by atoms with E-state index in [2.05, 4.69) is 15.6 Å². The van der Waals surface area contributed by atoms with Crippen molar-refractivity contribution in [2.75, 3.05) is 38.5 Å². The molecule has 0 aliphatic carbocycles. The van der Waals surface area contributed by atoms with Crippen molar-refractivity contribution in [1.29, 1.82) is 0 Å². The summed E-state index contributed by atoms with van der Waals surface area (Å²) in [4.78, 5) is 17.8. The van der Waals surface area contributed by atoms with E-state index in [0.29, 0.717) is 5.92 Å². The van der Waals surface area contributed by atoms with Crippen molar-refractivity contribution in [3.63, 3.8) is 0 Å². The van der Waals surface area contributed by atoms with Gasteiger partial charge in [-0.2, -0.15) is 13.2 Å². The molecule has 0 spiro atoms. The fourth-order valence-electron chi connectivity index (χ4n) is 2.99.